The Morgan fingerprint density at radius 2 is 1.75 bits per heavy atom. The van der Waals surface area contributed by atoms with Gasteiger partial charge in [-0.05, 0) is 60.9 Å². The van der Waals surface area contributed by atoms with Crippen LogP contribution < -0.4 is 30.5 Å². The summed E-state index contributed by atoms with van der Waals surface area (Å²) in [4.78, 5) is 36.6. The van der Waals surface area contributed by atoms with Gasteiger partial charge in [0, 0.05) is 63.0 Å². The van der Waals surface area contributed by atoms with E-state index in [4.69, 9.17) is 11.6 Å². The number of rotatable bonds is 12. The molecular formula is C36H39ClFN9O4S. The van der Waals surface area contributed by atoms with E-state index in [0.29, 0.717) is 35.6 Å². The van der Waals surface area contributed by atoms with E-state index in [9.17, 15) is 18.0 Å². The summed E-state index contributed by atoms with van der Waals surface area (Å²) in [6.45, 7) is 4.46. The van der Waals surface area contributed by atoms with Crippen molar-refractivity contribution in [3.63, 3.8) is 0 Å². The summed E-state index contributed by atoms with van der Waals surface area (Å²) in [5, 5.41) is 11.9. The zero-order valence-corrected chi connectivity index (χ0v) is 30.3. The number of benzene rings is 3. The third kappa shape index (κ3) is 7.76. The Bertz CT molecular complexity index is 2110. The number of piperidine rings is 1. The molecule has 4 heterocycles. The van der Waals surface area contributed by atoms with Gasteiger partial charge in [0.25, 0.3) is 0 Å². The summed E-state index contributed by atoms with van der Waals surface area (Å²) < 4.78 is 40.8. The van der Waals surface area contributed by atoms with Crippen LogP contribution >= 0.6 is 11.6 Å². The maximum atomic E-state index is 15.4. The minimum atomic E-state index is -3.51. The van der Waals surface area contributed by atoms with Crippen LogP contribution in [0.1, 0.15) is 18.4 Å². The highest BCUT2D eigenvalue weighted by Crippen LogP contribution is 2.43. The van der Waals surface area contributed by atoms with Gasteiger partial charge in [-0.2, -0.15) is 4.98 Å². The lowest BCUT2D eigenvalue weighted by atomic mass is 9.72. The molecule has 0 bridgehead atoms. The molecule has 1 unspecified atom stereocenters. The molecular weight excluding hydrogens is 709 g/mol. The average molecular weight is 748 g/mol. The van der Waals surface area contributed by atoms with Gasteiger partial charge in [-0.3, -0.25) is 19.2 Å². The minimum absolute atomic E-state index is 0.175. The van der Waals surface area contributed by atoms with Crippen molar-refractivity contribution in [2.75, 3.05) is 71.2 Å². The first-order chi connectivity index (χ1) is 24.8. The molecule has 1 spiro atoms. The third-order valence-electron chi connectivity index (χ3n) is 9.70. The first-order valence-electron chi connectivity index (χ1n) is 16.9. The third-order valence-corrected chi connectivity index (χ3v) is 11.2. The van der Waals surface area contributed by atoms with Crippen molar-refractivity contribution in [3.05, 3.63) is 89.3 Å². The molecule has 1 atom stereocenters. The SMILES string of the molecule is CN(c1ccccc1Nc1nc(Nc2ccc(N3CC4(CN(CCc5ccc(NC6CCC(=O)NC6=O)cc5)C4)C3)c(F)c2)ncc1Cl)S(C)(=O)=O. The topological polar surface area (TPSA) is 152 Å². The van der Waals surface area contributed by atoms with Crippen LogP contribution in [0.2, 0.25) is 5.02 Å². The molecule has 4 N–H and O–H groups in total. The van der Waals surface area contributed by atoms with Crippen LogP contribution in [-0.2, 0) is 26.0 Å². The Labute approximate surface area is 306 Å². The Morgan fingerprint density at radius 3 is 2.46 bits per heavy atom. The summed E-state index contributed by atoms with van der Waals surface area (Å²) in [7, 11) is -2.05. The molecule has 3 fully saturated rings. The average Bonchev–Trinajstić information content (AvgIpc) is 3.07. The van der Waals surface area contributed by atoms with Crippen molar-refractivity contribution in [2.24, 2.45) is 5.41 Å². The lowest BCUT2D eigenvalue weighted by Gasteiger charge is -2.61. The standard InChI is InChI=1S/C36H39ClFN9O4S/c1-45(52(2,50)51)31-6-4-3-5-28(31)42-33-26(37)18-39-35(44-33)41-25-11-13-30(27(38)17-25)47-21-36(22-47)19-46(20-36)16-15-23-7-9-24(10-8-23)40-29-12-14-32(48)43-34(29)49/h3-11,13,17-18,29,40H,12,14-16,19-22H2,1-2H3,(H,43,48,49)(H2,39,41,42,44). The summed E-state index contributed by atoms with van der Waals surface area (Å²) in [5.41, 5.74) is 4.15. The first kappa shape index (κ1) is 35.4. The quantitative estimate of drug-likeness (QED) is 0.149. The predicted octanol–water partition coefficient (Wildman–Crippen LogP) is 4.73. The van der Waals surface area contributed by atoms with E-state index < -0.39 is 16.1 Å². The smallest absolute Gasteiger partial charge is 0.249 e. The van der Waals surface area contributed by atoms with Gasteiger partial charge in [0.15, 0.2) is 5.82 Å². The Morgan fingerprint density at radius 1 is 1.02 bits per heavy atom. The molecule has 3 saturated heterocycles. The molecule has 0 radical (unpaired) electrons. The number of hydrogen-bond donors (Lipinski definition) is 4. The zero-order valence-electron chi connectivity index (χ0n) is 28.7. The van der Waals surface area contributed by atoms with Crippen LogP contribution in [-0.4, -0.2) is 87.2 Å². The molecule has 0 aliphatic carbocycles. The summed E-state index contributed by atoms with van der Waals surface area (Å²) in [5.74, 6) is -0.421. The van der Waals surface area contributed by atoms with Gasteiger partial charge in [-0.15, -0.1) is 0 Å². The maximum absolute atomic E-state index is 15.4. The summed E-state index contributed by atoms with van der Waals surface area (Å²) >= 11 is 6.37. The summed E-state index contributed by atoms with van der Waals surface area (Å²) in [6, 6.07) is 19.5. The second-order valence-electron chi connectivity index (χ2n) is 13.7. The number of amides is 2. The van der Waals surface area contributed by atoms with E-state index in [2.05, 4.69) is 53.2 Å². The van der Waals surface area contributed by atoms with Gasteiger partial charge < -0.3 is 25.8 Å². The molecule has 272 valence electrons. The van der Waals surface area contributed by atoms with Gasteiger partial charge >= 0.3 is 0 Å². The fourth-order valence-corrected chi connectivity index (χ4v) is 7.58. The second-order valence-corrected chi connectivity index (χ2v) is 16.1. The zero-order chi connectivity index (χ0) is 36.6. The van der Waals surface area contributed by atoms with Crippen LogP contribution in [0.3, 0.4) is 0 Å². The molecule has 16 heteroatoms. The molecule has 13 nitrogen and oxygen atoms in total. The molecule has 0 saturated carbocycles. The van der Waals surface area contributed by atoms with Crippen molar-refractivity contribution in [1.82, 2.24) is 20.2 Å². The van der Waals surface area contributed by atoms with Crippen molar-refractivity contribution >= 4 is 73.6 Å². The second kappa shape index (κ2) is 14.2. The van der Waals surface area contributed by atoms with Crippen LogP contribution in [0.4, 0.5) is 44.6 Å². The van der Waals surface area contributed by atoms with E-state index >= 15 is 4.39 Å². The van der Waals surface area contributed by atoms with Gasteiger partial charge in [-0.25, -0.2) is 17.8 Å². The Hall–Kier alpha value is -4.99. The van der Waals surface area contributed by atoms with Crippen molar-refractivity contribution in [3.8, 4) is 0 Å². The number of anilines is 7. The van der Waals surface area contributed by atoms with Crippen LogP contribution in [0, 0.1) is 11.2 Å². The number of para-hydroxylation sites is 2. The highest BCUT2D eigenvalue weighted by Gasteiger charge is 2.51. The first-order valence-corrected chi connectivity index (χ1v) is 19.1. The van der Waals surface area contributed by atoms with Gasteiger partial charge in [0.2, 0.25) is 27.8 Å². The number of imide groups is 1. The molecule has 3 aliphatic rings. The number of nitrogens with one attached hydrogen (secondary N) is 4. The number of nitrogens with zero attached hydrogens (tertiary/aromatic N) is 5. The van der Waals surface area contributed by atoms with E-state index in [1.54, 1.807) is 36.4 Å². The number of carbonyl (C=O) groups excluding carboxylic acids is 2. The highest BCUT2D eigenvalue weighted by atomic mass is 35.5. The van der Waals surface area contributed by atoms with Crippen molar-refractivity contribution in [1.29, 1.82) is 0 Å². The molecule has 52 heavy (non-hydrogen) atoms. The normalized spacial score (nSPS) is 18.3. The molecule has 2 amide bonds. The lowest BCUT2D eigenvalue weighted by molar-refractivity contribution is -0.133. The molecule has 7 rings (SSSR count). The predicted molar refractivity (Wildman–Crippen MR) is 201 cm³/mol. The van der Waals surface area contributed by atoms with E-state index in [-0.39, 0.29) is 39.8 Å². The monoisotopic (exact) mass is 747 g/mol. The van der Waals surface area contributed by atoms with E-state index in [1.165, 1.54) is 24.9 Å². The Balaban J connectivity index is 0.888. The number of hydrogen-bond acceptors (Lipinski definition) is 11. The van der Waals surface area contributed by atoms with Gasteiger partial charge in [0.1, 0.15) is 16.9 Å². The number of likely N-dealkylation sites (tertiary alicyclic amines) is 1. The molecule has 4 aromatic rings. The number of carbonyl (C=O) groups is 2. The van der Waals surface area contributed by atoms with E-state index in [0.717, 1.165) is 55.4 Å². The van der Waals surface area contributed by atoms with Crippen LogP contribution in [0.15, 0.2) is 72.9 Å². The lowest BCUT2D eigenvalue weighted by Crippen LogP contribution is -2.72. The highest BCUT2D eigenvalue weighted by molar-refractivity contribution is 7.92. The fraction of sp³-hybridized carbons (Fsp3) is 0.333. The summed E-state index contributed by atoms with van der Waals surface area (Å²) in [6.07, 6.45) is 4.26. The van der Waals surface area contributed by atoms with Gasteiger partial charge in [0.05, 0.1) is 29.5 Å². The Kier molecular flexibility index (Phi) is 9.67. The van der Waals surface area contributed by atoms with Crippen LogP contribution in [0.5, 0.6) is 0 Å². The largest absolute Gasteiger partial charge is 0.374 e. The van der Waals surface area contributed by atoms with Crippen molar-refractivity contribution < 1.29 is 22.4 Å². The number of sulfonamides is 1. The fourth-order valence-electron chi connectivity index (χ4n) is 6.93. The molecule has 1 aromatic heterocycles. The maximum Gasteiger partial charge on any atom is 0.249 e. The van der Waals surface area contributed by atoms with Crippen LogP contribution in [0.25, 0.3) is 0 Å². The van der Waals surface area contributed by atoms with Crippen molar-refractivity contribution in [2.45, 2.75) is 25.3 Å². The number of halogens is 2. The van der Waals surface area contributed by atoms with E-state index in [1.807, 2.05) is 12.1 Å². The molecule has 3 aromatic carbocycles. The molecule has 3 aliphatic heterocycles. The number of aromatic nitrogens is 2. The van der Waals surface area contributed by atoms with Gasteiger partial charge in [-0.1, -0.05) is 35.9 Å². The minimum Gasteiger partial charge on any atom is -0.374 e.